The van der Waals surface area contributed by atoms with Crippen molar-refractivity contribution >= 4 is 0 Å². The lowest BCUT2D eigenvalue weighted by Gasteiger charge is -2.10. The normalized spacial score (nSPS) is 9.40. The molecule has 0 amide bonds. The molecule has 0 aliphatic carbocycles. The van der Waals surface area contributed by atoms with Gasteiger partial charge in [0.05, 0.1) is 27.4 Å². The Labute approximate surface area is 147 Å². The fourth-order valence-electron chi connectivity index (χ4n) is 1.83. The van der Waals surface area contributed by atoms with Crippen LogP contribution in [0.15, 0.2) is 66.7 Å². The van der Waals surface area contributed by atoms with E-state index in [0.29, 0.717) is 23.3 Å². The van der Waals surface area contributed by atoms with Crippen molar-refractivity contribution in [2.75, 3.05) is 21.3 Å². The molecule has 0 fully saturated rings. The molecule has 6 heteroatoms. The number of aromatic nitrogens is 2. The molecule has 0 N–H and O–H groups in total. The summed E-state index contributed by atoms with van der Waals surface area (Å²) in [6.45, 7) is 0. The Kier molecular flexibility index (Phi) is 7.06. The highest BCUT2D eigenvalue weighted by atomic mass is 16.5. The average Bonchev–Trinajstić information content (AvgIpc) is 2.70. The minimum absolute atomic E-state index is 0.171. The van der Waals surface area contributed by atoms with Crippen LogP contribution in [0.4, 0.5) is 0 Å². The highest BCUT2D eigenvalue weighted by Crippen LogP contribution is 2.31. The predicted molar refractivity (Wildman–Crippen MR) is 94.6 cm³/mol. The first-order chi connectivity index (χ1) is 12.3. The molecule has 0 saturated heterocycles. The maximum Gasteiger partial charge on any atom is 0.322 e. The molecule has 0 aliphatic rings. The zero-order valence-corrected chi connectivity index (χ0v) is 14.4. The first-order valence-corrected chi connectivity index (χ1v) is 7.54. The first kappa shape index (κ1) is 18.1. The van der Waals surface area contributed by atoms with Crippen molar-refractivity contribution in [2.24, 2.45) is 0 Å². The SMILES string of the molecule is COc1cc(Oc2ccccc2OC)nc(OC)n1.c1ccccc1. The molecule has 25 heavy (non-hydrogen) atoms. The maximum atomic E-state index is 5.65. The van der Waals surface area contributed by atoms with E-state index in [1.807, 2.05) is 48.5 Å². The van der Waals surface area contributed by atoms with E-state index in [1.54, 1.807) is 25.3 Å². The lowest BCUT2D eigenvalue weighted by Crippen LogP contribution is -1.98. The summed E-state index contributed by atoms with van der Waals surface area (Å²) in [7, 11) is 4.56. The van der Waals surface area contributed by atoms with E-state index in [4.69, 9.17) is 18.9 Å². The molecule has 3 rings (SSSR count). The molecule has 1 aromatic heterocycles. The Morgan fingerprint density at radius 2 is 1.16 bits per heavy atom. The van der Waals surface area contributed by atoms with Gasteiger partial charge >= 0.3 is 6.01 Å². The third kappa shape index (κ3) is 5.69. The number of hydrogen-bond acceptors (Lipinski definition) is 6. The number of ether oxygens (including phenoxy) is 4. The van der Waals surface area contributed by atoms with Crippen molar-refractivity contribution in [3.05, 3.63) is 66.7 Å². The molecule has 6 nitrogen and oxygen atoms in total. The van der Waals surface area contributed by atoms with E-state index in [-0.39, 0.29) is 6.01 Å². The summed E-state index contributed by atoms with van der Waals surface area (Å²) >= 11 is 0. The van der Waals surface area contributed by atoms with Crippen LogP contribution < -0.4 is 18.9 Å². The van der Waals surface area contributed by atoms with Gasteiger partial charge in [-0.05, 0) is 12.1 Å². The first-order valence-electron chi connectivity index (χ1n) is 7.54. The van der Waals surface area contributed by atoms with Crippen molar-refractivity contribution in [2.45, 2.75) is 0 Å². The van der Waals surface area contributed by atoms with Gasteiger partial charge in [0, 0.05) is 0 Å². The summed E-state index contributed by atoms with van der Waals surface area (Å²) < 4.78 is 20.9. The maximum absolute atomic E-state index is 5.65. The van der Waals surface area contributed by atoms with Crippen molar-refractivity contribution < 1.29 is 18.9 Å². The van der Waals surface area contributed by atoms with E-state index in [1.165, 1.54) is 14.2 Å². The summed E-state index contributed by atoms with van der Waals surface area (Å²) in [6, 6.07) is 21.0. The summed E-state index contributed by atoms with van der Waals surface area (Å²) in [5, 5.41) is 0. The highest BCUT2D eigenvalue weighted by Gasteiger charge is 2.09. The Morgan fingerprint density at radius 1 is 0.600 bits per heavy atom. The summed E-state index contributed by atoms with van der Waals surface area (Å²) in [5.74, 6) is 1.83. The van der Waals surface area contributed by atoms with Crippen LogP contribution in [-0.2, 0) is 0 Å². The topological polar surface area (TPSA) is 62.7 Å². The smallest absolute Gasteiger partial charge is 0.322 e. The number of hydrogen-bond donors (Lipinski definition) is 0. The van der Waals surface area contributed by atoms with Crippen LogP contribution in [0, 0.1) is 0 Å². The zero-order valence-electron chi connectivity index (χ0n) is 14.4. The molecule has 0 aliphatic heterocycles. The third-order valence-corrected chi connectivity index (χ3v) is 3.00. The van der Waals surface area contributed by atoms with Gasteiger partial charge in [0.1, 0.15) is 0 Å². The van der Waals surface area contributed by atoms with E-state index in [0.717, 1.165) is 0 Å². The highest BCUT2D eigenvalue weighted by molar-refractivity contribution is 5.42. The van der Waals surface area contributed by atoms with Gasteiger partial charge in [-0.3, -0.25) is 0 Å². The minimum Gasteiger partial charge on any atom is -0.493 e. The van der Waals surface area contributed by atoms with Crippen LogP contribution in [0.2, 0.25) is 0 Å². The predicted octanol–water partition coefficient (Wildman–Crippen LogP) is 3.98. The zero-order chi connectivity index (χ0) is 17.9. The second kappa shape index (κ2) is 9.77. The Bertz CT molecular complexity index is 717. The molecule has 130 valence electrons. The second-order valence-electron chi connectivity index (χ2n) is 4.64. The van der Waals surface area contributed by atoms with Crippen LogP contribution in [0.3, 0.4) is 0 Å². The molecule has 1 heterocycles. The van der Waals surface area contributed by atoms with Crippen LogP contribution >= 0.6 is 0 Å². The van der Waals surface area contributed by atoms with Crippen LogP contribution in [-0.4, -0.2) is 31.3 Å². The van der Waals surface area contributed by atoms with Gasteiger partial charge in [0.25, 0.3) is 0 Å². The molecule has 2 aromatic carbocycles. The number of methoxy groups -OCH3 is 3. The Balaban J connectivity index is 0.000000316. The summed E-state index contributed by atoms with van der Waals surface area (Å²) in [5.41, 5.74) is 0. The van der Waals surface area contributed by atoms with E-state index < -0.39 is 0 Å². The van der Waals surface area contributed by atoms with Crippen molar-refractivity contribution in [1.29, 1.82) is 0 Å². The van der Waals surface area contributed by atoms with E-state index in [9.17, 15) is 0 Å². The molecule has 0 atom stereocenters. The van der Waals surface area contributed by atoms with Gasteiger partial charge in [-0.2, -0.15) is 9.97 Å². The van der Waals surface area contributed by atoms with Gasteiger partial charge < -0.3 is 18.9 Å². The molecule has 0 saturated carbocycles. The van der Waals surface area contributed by atoms with Gasteiger partial charge in [-0.25, -0.2) is 0 Å². The Hall–Kier alpha value is -3.28. The number of rotatable bonds is 5. The molecular weight excluding hydrogens is 320 g/mol. The lowest BCUT2D eigenvalue weighted by molar-refractivity contribution is 0.334. The molecule has 3 aromatic rings. The third-order valence-electron chi connectivity index (χ3n) is 3.00. The summed E-state index contributed by atoms with van der Waals surface area (Å²) in [6.07, 6.45) is 0. The minimum atomic E-state index is 0.171. The van der Waals surface area contributed by atoms with E-state index in [2.05, 4.69) is 9.97 Å². The summed E-state index contributed by atoms with van der Waals surface area (Å²) in [4.78, 5) is 8.07. The standard InChI is InChI=1S/C13H14N2O4.C6H6/c1-16-9-6-4-5-7-10(9)19-12-8-11(17-2)14-13(15-12)18-3;1-2-4-6-5-3-1/h4-8H,1-3H3;1-6H. The van der Waals surface area contributed by atoms with Crippen molar-refractivity contribution in [3.8, 4) is 29.3 Å². The quantitative estimate of drug-likeness (QED) is 0.700. The monoisotopic (exact) mass is 340 g/mol. The number of benzene rings is 2. The van der Waals surface area contributed by atoms with Gasteiger partial charge in [-0.15, -0.1) is 0 Å². The van der Waals surface area contributed by atoms with Gasteiger partial charge in [0.15, 0.2) is 11.5 Å². The lowest BCUT2D eigenvalue weighted by atomic mass is 10.3. The average molecular weight is 340 g/mol. The van der Waals surface area contributed by atoms with Gasteiger partial charge in [0.2, 0.25) is 11.8 Å². The fraction of sp³-hybridized carbons (Fsp3) is 0.158. The molecule has 0 spiro atoms. The van der Waals surface area contributed by atoms with E-state index >= 15 is 0 Å². The molecular formula is C19H20N2O4. The fourth-order valence-corrected chi connectivity index (χ4v) is 1.83. The number of nitrogens with zero attached hydrogens (tertiary/aromatic N) is 2. The Morgan fingerprint density at radius 3 is 1.68 bits per heavy atom. The molecule has 0 unspecified atom stereocenters. The van der Waals surface area contributed by atoms with Crippen LogP contribution in [0.5, 0.6) is 29.3 Å². The molecule has 0 radical (unpaired) electrons. The van der Waals surface area contributed by atoms with Crippen LogP contribution in [0.25, 0.3) is 0 Å². The molecule has 0 bridgehead atoms. The second-order valence-corrected chi connectivity index (χ2v) is 4.64. The van der Waals surface area contributed by atoms with Gasteiger partial charge in [-0.1, -0.05) is 48.5 Å². The van der Waals surface area contributed by atoms with Crippen molar-refractivity contribution in [1.82, 2.24) is 9.97 Å². The van der Waals surface area contributed by atoms with Crippen molar-refractivity contribution in [3.63, 3.8) is 0 Å². The van der Waals surface area contributed by atoms with Crippen LogP contribution in [0.1, 0.15) is 0 Å². The number of para-hydroxylation sites is 2. The largest absolute Gasteiger partial charge is 0.493 e.